The molecule has 1 aromatic heterocycles. The van der Waals surface area contributed by atoms with Crippen molar-refractivity contribution in [3.05, 3.63) is 47.0 Å². The molecular weight excluding hydrogens is 316 g/mol. The van der Waals surface area contributed by atoms with Gasteiger partial charge in [0.1, 0.15) is 5.75 Å². The summed E-state index contributed by atoms with van der Waals surface area (Å²) in [5, 5.41) is 4.95. The Kier molecular flexibility index (Phi) is 4.40. The number of carbonyl (C=O) groups is 1. The van der Waals surface area contributed by atoms with E-state index in [1.165, 1.54) is 11.3 Å². The molecule has 0 saturated heterocycles. The summed E-state index contributed by atoms with van der Waals surface area (Å²) in [4.78, 5) is 16.5. The number of rotatable bonds is 5. The van der Waals surface area contributed by atoms with Crippen LogP contribution in [-0.4, -0.2) is 20.9 Å². The molecule has 0 bridgehead atoms. The van der Waals surface area contributed by atoms with Crippen LogP contribution in [0.15, 0.2) is 40.1 Å². The molecule has 1 aliphatic carbocycles. The quantitative estimate of drug-likeness (QED) is 0.915. The minimum Gasteiger partial charge on any atom is -0.346 e. The van der Waals surface area contributed by atoms with Crippen molar-refractivity contribution >= 4 is 28.0 Å². The van der Waals surface area contributed by atoms with Crippen LogP contribution in [0.5, 0.6) is 0 Å². The van der Waals surface area contributed by atoms with Crippen LogP contribution in [0.25, 0.3) is 0 Å². The van der Waals surface area contributed by atoms with E-state index in [2.05, 4.69) is 10.3 Å². The first-order chi connectivity index (χ1) is 10.6. The Bertz CT molecular complexity index is 693. The average molecular weight is 334 g/mol. The summed E-state index contributed by atoms with van der Waals surface area (Å²) in [7, 11) is -1.37. The first-order valence-electron chi connectivity index (χ1n) is 7.26. The van der Waals surface area contributed by atoms with Crippen LogP contribution in [0, 0.1) is 6.92 Å². The fourth-order valence-corrected chi connectivity index (χ4v) is 4.64. The Morgan fingerprint density at radius 2 is 2.09 bits per heavy atom. The van der Waals surface area contributed by atoms with Crippen LogP contribution < -0.4 is 5.32 Å². The van der Waals surface area contributed by atoms with Crippen LogP contribution in [-0.2, 0) is 21.1 Å². The largest absolute Gasteiger partial charge is 0.346 e. The molecule has 1 heterocycles. The van der Waals surface area contributed by atoms with Gasteiger partial charge in [0.25, 0.3) is 0 Å². The Morgan fingerprint density at radius 3 is 2.64 bits per heavy atom. The minimum atomic E-state index is -1.37. The summed E-state index contributed by atoms with van der Waals surface area (Å²) in [6, 6.07) is 10.0. The van der Waals surface area contributed by atoms with E-state index >= 15 is 0 Å². The van der Waals surface area contributed by atoms with Crippen molar-refractivity contribution in [2.75, 3.05) is 5.75 Å². The third-order valence-electron chi connectivity index (χ3n) is 3.97. The third-order valence-corrected chi connectivity index (χ3v) is 6.57. The highest BCUT2D eigenvalue weighted by atomic mass is 32.2. The fraction of sp³-hybridized carbons (Fsp3) is 0.375. The second kappa shape index (κ2) is 6.30. The monoisotopic (exact) mass is 334 g/mol. The summed E-state index contributed by atoms with van der Waals surface area (Å²) in [6.45, 7) is 1.86. The highest BCUT2D eigenvalue weighted by Gasteiger charge is 2.40. The van der Waals surface area contributed by atoms with E-state index in [1.54, 1.807) is 0 Å². The van der Waals surface area contributed by atoms with Crippen LogP contribution in [0.3, 0.4) is 0 Å². The number of thiazole rings is 1. The van der Waals surface area contributed by atoms with Crippen LogP contribution in [0.1, 0.15) is 30.5 Å². The van der Waals surface area contributed by atoms with Gasteiger partial charge in [0.15, 0.2) is 4.34 Å². The third kappa shape index (κ3) is 3.13. The lowest BCUT2D eigenvalue weighted by atomic mass is 9.72. The molecule has 0 spiro atoms. The zero-order chi connectivity index (χ0) is 15.6. The molecule has 1 aliphatic rings. The number of carbonyl (C=O) groups excluding carboxylic acids is 1. The van der Waals surface area contributed by atoms with Gasteiger partial charge < -0.3 is 5.32 Å². The molecule has 2 aromatic rings. The van der Waals surface area contributed by atoms with Gasteiger partial charge in [-0.05, 0) is 31.7 Å². The molecular formula is C16H18N2O2S2. The Morgan fingerprint density at radius 1 is 1.36 bits per heavy atom. The van der Waals surface area contributed by atoms with Crippen molar-refractivity contribution in [3.8, 4) is 0 Å². The molecule has 116 valence electrons. The van der Waals surface area contributed by atoms with E-state index in [1.807, 2.05) is 42.6 Å². The molecule has 1 saturated carbocycles. The van der Waals surface area contributed by atoms with Gasteiger partial charge in [0.05, 0.1) is 16.3 Å². The van der Waals surface area contributed by atoms with Crippen molar-refractivity contribution < 1.29 is 9.00 Å². The summed E-state index contributed by atoms with van der Waals surface area (Å²) in [6.07, 6.45) is 2.97. The number of nitrogens with one attached hydrogen (secondary N) is 1. The molecule has 1 amide bonds. The van der Waals surface area contributed by atoms with E-state index < -0.39 is 10.8 Å². The van der Waals surface area contributed by atoms with Gasteiger partial charge in [-0.25, -0.2) is 4.98 Å². The van der Waals surface area contributed by atoms with E-state index in [-0.39, 0.29) is 17.2 Å². The number of amides is 1. The number of aromatic nitrogens is 1. The molecule has 0 radical (unpaired) electrons. The van der Waals surface area contributed by atoms with Crippen LogP contribution in [0.4, 0.5) is 0 Å². The molecule has 4 nitrogen and oxygen atoms in total. The zero-order valence-corrected chi connectivity index (χ0v) is 14.0. The number of benzene rings is 1. The SMILES string of the molecule is Cc1csc([S@@](=O)CC(=O)NC2(c3ccccc3)CCC2)n1. The number of aryl methyl sites for hydroxylation is 1. The number of nitrogens with zero attached hydrogens (tertiary/aromatic N) is 1. The van der Waals surface area contributed by atoms with E-state index in [0.717, 1.165) is 30.5 Å². The molecule has 22 heavy (non-hydrogen) atoms. The van der Waals surface area contributed by atoms with Crippen molar-refractivity contribution in [1.82, 2.24) is 10.3 Å². The second-order valence-electron chi connectivity index (χ2n) is 5.59. The smallest absolute Gasteiger partial charge is 0.233 e. The minimum absolute atomic E-state index is 0.0263. The van der Waals surface area contributed by atoms with Crippen LogP contribution in [0.2, 0.25) is 0 Å². The first-order valence-corrected chi connectivity index (χ1v) is 9.46. The van der Waals surface area contributed by atoms with Crippen LogP contribution >= 0.6 is 11.3 Å². The van der Waals surface area contributed by atoms with Gasteiger partial charge in [-0.2, -0.15) is 0 Å². The lowest BCUT2D eigenvalue weighted by Gasteiger charge is -2.43. The van der Waals surface area contributed by atoms with Gasteiger partial charge in [-0.15, -0.1) is 11.3 Å². The summed E-state index contributed by atoms with van der Waals surface area (Å²) >= 11 is 1.34. The predicted octanol–water partition coefficient (Wildman–Crippen LogP) is 2.75. The maximum atomic E-state index is 12.3. The van der Waals surface area contributed by atoms with Crippen molar-refractivity contribution in [3.63, 3.8) is 0 Å². The predicted molar refractivity (Wildman–Crippen MR) is 88.2 cm³/mol. The standard InChI is InChI=1S/C16H18N2O2S2/c1-12-10-21-15(17-12)22(20)11-14(19)18-16(8-5-9-16)13-6-3-2-4-7-13/h2-4,6-7,10H,5,8-9,11H2,1H3,(H,18,19)/t22-/m0/s1. The molecule has 1 atom stereocenters. The Labute approximate surface area is 136 Å². The molecule has 6 heteroatoms. The van der Waals surface area contributed by atoms with E-state index in [0.29, 0.717) is 4.34 Å². The van der Waals surface area contributed by atoms with Crippen molar-refractivity contribution in [1.29, 1.82) is 0 Å². The average Bonchev–Trinajstić information content (AvgIpc) is 2.90. The highest BCUT2D eigenvalue weighted by Crippen LogP contribution is 2.41. The molecule has 1 N–H and O–H groups in total. The molecule has 0 aliphatic heterocycles. The number of hydrogen-bond acceptors (Lipinski definition) is 4. The van der Waals surface area contributed by atoms with Gasteiger partial charge in [0.2, 0.25) is 5.91 Å². The van der Waals surface area contributed by atoms with E-state index in [9.17, 15) is 9.00 Å². The second-order valence-corrected chi connectivity index (χ2v) is 8.08. The Hall–Kier alpha value is -1.53. The lowest BCUT2D eigenvalue weighted by Crippen LogP contribution is -2.51. The molecule has 3 rings (SSSR count). The number of hydrogen-bond donors (Lipinski definition) is 1. The summed E-state index contributed by atoms with van der Waals surface area (Å²) in [5.41, 5.74) is 1.69. The first kappa shape index (κ1) is 15.4. The van der Waals surface area contributed by atoms with Gasteiger partial charge >= 0.3 is 0 Å². The van der Waals surface area contributed by atoms with Gasteiger partial charge in [0, 0.05) is 11.1 Å². The summed E-state index contributed by atoms with van der Waals surface area (Å²) in [5.74, 6) is -0.198. The zero-order valence-electron chi connectivity index (χ0n) is 12.4. The maximum Gasteiger partial charge on any atom is 0.233 e. The summed E-state index contributed by atoms with van der Waals surface area (Å²) < 4.78 is 12.7. The molecule has 1 fully saturated rings. The lowest BCUT2D eigenvalue weighted by molar-refractivity contribution is -0.121. The normalized spacial score (nSPS) is 17.5. The topological polar surface area (TPSA) is 59.1 Å². The van der Waals surface area contributed by atoms with E-state index in [4.69, 9.17) is 0 Å². The van der Waals surface area contributed by atoms with Gasteiger partial charge in [-0.3, -0.25) is 9.00 Å². The van der Waals surface area contributed by atoms with Crippen molar-refractivity contribution in [2.24, 2.45) is 0 Å². The Balaban J connectivity index is 1.67. The maximum absolute atomic E-state index is 12.3. The van der Waals surface area contributed by atoms with Crippen molar-refractivity contribution in [2.45, 2.75) is 36.1 Å². The molecule has 1 aromatic carbocycles. The van der Waals surface area contributed by atoms with Gasteiger partial charge in [-0.1, -0.05) is 30.3 Å². The molecule has 0 unspecified atom stereocenters. The fourth-order valence-electron chi connectivity index (χ4n) is 2.69. The highest BCUT2D eigenvalue weighted by molar-refractivity contribution is 7.87.